The summed E-state index contributed by atoms with van der Waals surface area (Å²) in [5.74, 6) is -0.665. The van der Waals surface area contributed by atoms with Crippen molar-refractivity contribution in [2.45, 2.75) is 18.9 Å². The lowest BCUT2D eigenvalue weighted by molar-refractivity contribution is -0.135. The standard InChI is InChI=1S/C15H17N3O3S/c1-17-9-11(8-16-17)15(20)21-10-14(19)18-6-2-4-12(18)13-5-3-7-22-13/h3,5,7-9,12H,2,4,6,10H2,1H3/t12-/m1/s1. The minimum absolute atomic E-state index is 0.115. The van der Waals surface area contributed by atoms with Gasteiger partial charge in [0.2, 0.25) is 0 Å². The highest BCUT2D eigenvalue weighted by atomic mass is 32.1. The van der Waals surface area contributed by atoms with E-state index >= 15 is 0 Å². The summed E-state index contributed by atoms with van der Waals surface area (Å²) in [5.41, 5.74) is 0.353. The van der Waals surface area contributed by atoms with Crippen LogP contribution in [0.5, 0.6) is 0 Å². The first kappa shape index (κ1) is 14.8. The Bertz CT molecular complexity index is 665. The van der Waals surface area contributed by atoms with Gasteiger partial charge >= 0.3 is 5.97 Å². The van der Waals surface area contributed by atoms with Gasteiger partial charge in [0, 0.05) is 24.7 Å². The number of aryl methyl sites for hydroxylation is 1. The van der Waals surface area contributed by atoms with Crippen molar-refractivity contribution in [1.29, 1.82) is 0 Å². The third-order valence-electron chi connectivity index (χ3n) is 3.71. The number of nitrogens with zero attached hydrogens (tertiary/aromatic N) is 3. The lowest BCUT2D eigenvalue weighted by Crippen LogP contribution is -2.34. The molecule has 0 spiro atoms. The van der Waals surface area contributed by atoms with Crippen LogP contribution in [0, 0.1) is 0 Å². The molecule has 1 atom stereocenters. The maximum absolute atomic E-state index is 12.3. The Hall–Kier alpha value is -2.15. The van der Waals surface area contributed by atoms with Crippen LogP contribution in [0.3, 0.4) is 0 Å². The van der Waals surface area contributed by atoms with Crippen molar-refractivity contribution in [3.8, 4) is 0 Å². The first-order valence-electron chi connectivity index (χ1n) is 7.14. The number of esters is 1. The average Bonchev–Trinajstić information content (AvgIpc) is 3.23. The second-order valence-corrected chi connectivity index (χ2v) is 6.22. The Kier molecular flexibility index (Phi) is 4.24. The van der Waals surface area contributed by atoms with Crippen LogP contribution in [0.2, 0.25) is 0 Å². The van der Waals surface area contributed by atoms with Gasteiger partial charge in [0.25, 0.3) is 5.91 Å². The molecule has 0 aromatic carbocycles. The second-order valence-electron chi connectivity index (χ2n) is 5.24. The topological polar surface area (TPSA) is 64.4 Å². The number of carbonyl (C=O) groups excluding carboxylic acids is 2. The highest BCUT2D eigenvalue weighted by Gasteiger charge is 2.31. The number of ether oxygens (including phenoxy) is 1. The van der Waals surface area contributed by atoms with Crippen LogP contribution in [0.4, 0.5) is 0 Å². The van der Waals surface area contributed by atoms with Crippen LogP contribution in [0.1, 0.15) is 34.1 Å². The zero-order valence-electron chi connectivity index (χ0n) is 12.3. The highest BCUT2D eigenvalue weighted by molar-refractivity contribution is 7.10. The highest BCUT2D eigenvalue weighted by Crippen LogP contribution is 2.34. The van der Waals surface area contributed by atoms with E-state index in [0.29, 0.717) is 12.1 Å². The Morgan fingerprint density at radius 2 is 2.36 bits per heavy atom. The molecule has 0 bridgehead atoms. The number of hydrogen-bond donors (Lipinski definition) is 0. The van der Waals surface area contributed by atoms with Gasteiger partial charge in [0.15, 0.2) is 6.61 Å². The Labute approximate surface area is 132 Å². The number of carbonyl (C=O) groups is 2. The van der Waals surface area contributed by atoms with Crippen LogP contribution in [0.25, 0.3) is 0 Å². The fraction of sp³-hybridized carbons (Fsp3) is 0.400. The summed E-state index contributed by atoms with van der Waals surface area (Å²) in [4.78, 5) is 27.2. The van der Waals surface area contributed by atoms with E-state index in [1.807, 2.05) is 22.4 Å². The van der Waals surface area contributed by atoms with Gasteiger partial charge in [-0.1, -0.05) is 6.07 Å². The Balaban J connectivity index is 1.58. The maximum Gasteiger partial charge on any atom is 0.341 e. The SMILES string of the molecule is Cn1cc(C(=O)OCC(=O)N2CCC[C@@H]2c2cccs2)cn1. The zero-order chi connectivity index (χ0) is 15.5. The van der Waals surface area contributed by atoms with E-state index in [9.17, 15) is 9.59 Å². The van der Waals surface area contributed by atoms with Crippen LogP contribution in [-0.4, -0.2) is 39.7 Å². The van der Waals surface area contributed by atoms with Gasteiger partial charge in [-0.05, 0) is 24.3 Å². The molecular formula is C15H17N3O3S. The molecule has 0 saturated carbocycles. The molecule has 2 aromatic heterocycles. The summed E-state index contributed by atoms with van der Waals surface area (Å²) in [6.07, 6.45) is 4.93. The van der Waals surface area contributed by atoms with E-state index < -0.39 is 5.97 Å². The van der Waals surface area contributed by atoms with Crippen molar-refractivity contribution in [1.82, 2.24) is 14.7 Å². The van der Waals surface area contributed by atoms with Crippen molar-refractivity contribution in [3.05, 3.63) is 40.3 Å². The smallest absolute Gasteiger partial charge is 0.341 e. The molecule has 1 saturated heterocycles. The van der Waals surface area contributed by atoms with Gasteiger partial charge in [-0.3, -0.25) is 9.48 Å². The van der Waals surface area contributed by atoms with E-state index in [0.717, 1.165) is 12.8 Å². The van der Waals surface area contributed by atoms with E-state index in [2.05, 4.69) is 5.10 Å². The minimum Gasteiger partial charge on any atom is -0.452 e. The summed E-state index contributed by atoms with van der Waals surface area (Å²) in [7, 11) is 1.72. The summed E-state index contributed by atoms with van der Waals surface area (Å²) in [6, 6.07) is 4.15. The van der Waals surface area contributed by atoms with E-state index in [1.165, 1.54) is 15.8 Å². The van der Waals surface area contributed by atoms with Gasteiger partial charge in [-0.25, -0.2) is 4.79 Å². The molecule has 6 nitrogen and oxygen atoms in total. The van der Waals surface area contributed by atoms with Gasteiger partial charge in [0.05, 0.1) is 17.8 Å². The normalized spacial score (nSPS) is 17.7. The van der Waals surface area contributed by atoms with Gasteiger partial charge in [-0.15, -0.1) is 11.3 Å². The van der Waals surface area contributed by atoms with Crippen LogP contribution >= 0.6 is 11.3 Å². The molecule has 1 aliphatic rings. The summed E-state index contributed by atoms with van der Waals surface area (Å²) < 4.78 is 6.62. The molecule has 2 aromatic rings. The molecule has 3 heterocycles. The molecule has 1 amide bonds. The fourth-order valence-corrected chi connectivity index (χ4v) is 3.54. The van der Waals surface area contributed by atoms with Crippen LogP contribution in [0.15, 0.2) is 29.9 Å². The van der Waals surface area contributed by atoms with Gasteiger partial charge in [-0.2, -0.15) is 5.10 Å². The molecule has 0 N–H and O–H groups in total. The van der Waals surface area contributed by atoms with E-state index in [1.54, 1.807) is 24.6 Å². The number of hydrogen-bond acceptors (Lipinski definition) is 5. The predicted molar refractivity (Wildman–Crippen MR) is 81.5 cm³/mol. The largest absolute Gasteiger partial charge is 0.452 e. The van der Waals surface area contributed by atoms with Crippen molar-refractivity contribution < 1.29 is 14.3 Å². The third-order valence-corrected chi connectivity index (χ3v) is 4.69. The number of aromatic nitrogens is 2. The quantitative estimate of drug-likeness (QED) is 0.809. The molecule has 0 unspecified atom stereocenters. The number of likely N-dealkylation sites (tertiary alicyclic amines) is 1. The van der Waals surface area contributed by atoms with Crippen LogP contribution < -0.4 is 0 Å². The summed E-state index contributed by atoms with van der Waals surface area (Å²) >= 11 is 1.65. The molecule has 0 radical (unpaired) electrons. The fourth-order valence-electron chi connectivity index (χ4n) is 2.66. The molecular weight excluding hydrogens is 302 g/mol. The van der Waals surface area contributed by atoms with Crippen molar-refractivity contribution in [3.63, 3.8) is 0 Å². The predicted octanol–water partition coefficient (Wildman–Crippen LogP) is 2.00. The minimum atomic E-state index is -0.520. The molecule has 1 aliphatic heterocycles. The lowest BCUT2D eigenvalue weighted by atomic mass is 10.2. The molecule has 7 heteroatoms. The average molecular weight is 319 g/mol. The molecule has 3 rings (SSSR count). The first-order chi connectivity index (χ1) is 10.6. The summed E-state index contributed by atoms with van der Waals surface area (Å²) in [6.45, 7) is 0.488. The maximum atomic E-state index is 12.3. The third kappa shape index (κ3) is 3.04. The lowest BCUT2D eigenvalue weighted by Gasteiger charge is -2.23. The second kappa shape index (κ2) is 6.31. The first-order valence-corrected chi connectivity index (χ1v) is 8.02. The Morgan fingerprint density at radius 1 is 1.50 bits per heavy atom. The molecule has 22 heavy (non-hydrogen) atoms. The van der Waals surface area contributed by atoms with Gasteiger partial charge in [0.1, 0.15) is 0 Å². The Morgan fingerprint density at radius 3 is 3.05 bits per heavy atom. The monoisotopic (exact) mass is 319 g/mol. The van der Waals surface area contributed by atoms with Gasteiger partial charge < -0.3 is 9.64 Å². The van der Waals surface area contributed by atoms with Crippen molar-refractivity contribution >= 4 is 23.2 Å². The van der Waals surface area contributed by atoms with E-state index in [4.69, 9.17) is 4.74 Å². The number of thiophene rings is 1. The molecule has 0 aliphatic carbocycles. The molecule has 116 valence electrons. The number of amides is 1. The van der Waals surface area contributed by atoms with E-state index in [-0.39, 0.29) is 18.6 Å². The van der Waals surface area contributed by atoms with Crippen molar-refractivity contribution in [2.75, 3.05) is 13.2 Å². The summed E-state index contributed by atoms with van der Waals surface area (Å²) in [5, 5.41) is 5.92. The molecule has 1 fully saturated rings. The van der Waals surface area contributed by atoms with Crippen molar-refractivity contribution in [2.24, 2.45) is 7.05 Å². The zero-order valence-corrected chi connectivity index (χ0v) is 13.1. The number of rotatable bonds is 4. The van der Waals surface area contributed by atoms with Crippen LogP contribution in [-0.2, 0) is 16.6 Å².